The van der Waals surface area contributed by atoms with Gasteiger partial charge in [0.05, 0.1) is 12.3 Å². The minimum atomic E-state index is 0.487. The molecule has 17 heavy (non-hydrogen) atoms. The van der Waals surface area contributed by atoms with Gasteiger partial charge < -0.3 is 10.5 Å². The summed E-state index contributed by atoms with van der Waals surface area (Å²) >= 11 is 0. The van der Waals surface area contributed by atoms with E-state index in [-0.39, 0.29) is 0 Å². The molecule has 88 valence electrons. The molecule has 0 aliphatic carbocycles. The lowest BCUT2D eigenvalue weighted by atomic mass is 10.1. The number of ether oxygens (including phenoxy) is 1. The maximum absolute atomic E-state index is 5.70. The maximum atomic E-state index is 5.70. The molecule has 4 nitrogen and oxygen atoms in total. The number of nitrogens with zero attached hydrogens (tertiary/aromatic N) is 2. The van der Waals surface area contributed by atoms with Crippen molar-refractivity contribution < 1.29 is 4.74 Å². The van der Waals surface area contributed by atoms with E-state index in [1.54, 1.807) is 6.07 Å². The zero-order valence-electron chi connectivity index (χ0n) is 9.97. The summed E-state index contributed by atoms with van der Waals surface area (Å²) in [5.41, 5.74) is 7.54. The third-order valence-electron chi connectivity index (χ3n) is 2.32. The molecule has 1 aromatic heterocycles. The third kappa shape index (κ3) is 2.72. The first kappa shape index (κ1) is 11.4. The Morgan fingerprint density at radius 3 is 2.47 bits per heavy atom. The molecule has 0 spiro atoms. The van der Waals surface area contributed by atoms with Gasteiger partial charge in [-0.1, -0.05) is 0 Å². The van der Waals surface area contributed by atoms with Gasteiger partial charge in [-0.15, -0.1) is 0 Å². The first-order valence-corrected chi connectivity index (χ1v) is 5.53. The number of anilines is 1. The van der Waals surface area contributed by atoms with Gasteiger partial charge in [-0.3, -0.25) is 0 Å². The van der Waals surface area contributed by atoms with Crippen LogP contribution in [0.1, 0.15) is 12.7 Å². The Morgan fingerprint density at radius 2 is 1.88 bits per heavy atom. The van der Waals surface area contributed by atoms with Crippen molar-refractivity contribution in [2.45, 2.75) is 13.8 Å². The normalized spacial score (nSPS) is 10.2. The smallest absolute Gasteiger partial charge is 0.128 e. The largest absolute Gasteiger partial charge is 0.494 e. The number of nitrogens with two attached hydrogens (primary N) is 1. The Hall–Kier alpha value is -2.10. The predicted octanol–water partition coefficient (Wildman–Crippen LogP) is 2.43. The van der Waals surface area contributed by atoms with Crippen molar-refractivity contribution in [2.75, 3.05) is 12.3 Å². The monoisotopic (exact) mass is 229 g/mol. The van der Waals surface area contributed by atoms with Crippen LogP contribution in [0.25, 0.3) is 11.3 Å². The molecule has 2 aromatic rings. The summed E-state index contributed by atoms with van der Waals surface area (Å²) in [6.07, 6.45) is 0. The highest BCUT2D eigenvalue weighted by atomic mass is 16.5. The molecule has 1 heterocycles. The molecule has 0 aliphatic heterocycles. The van der Waals surface area contributed by atoms with Crippen LogP contribution >= 0.6 is 0 Å². The second-order valence-corrected chi connectivity index (χ2v) is 3.68. The van der Waals surface area contributed by atoms with Crippen LogP contribution in [0.4, 0.5) is 5.82 Å². The van der Waals surface area contributed by atoms with Gasteiger partial charge in [0.2, 0.25) is 0 Å². The SMILES string of the molecule is CCOc1ccc(-c2cc(N)nc(C)n2)cc1. The van der Waals surface area contributed by atoms with Gasteiger partial charge in [0.15, 0.2) is 0 Å². The molecule has 0 radical (unpaired) electrons. The summed E-state index contributed by atoms with van der Waals surface area (Å²) in [6, 6.07) is 9.54. The highest BCUT2D eigenvalue weighted by Gasteiger charge is 2.02. The number of rotatable bonds is 3. The Labute approximate surface area is 100 Å². The number of benzene rings is 1. The lowest BCUT2D eigenvalue weighted by Crippen LogP contribution is -1.97. The van der Waals surface area contributed by atoms with Crippen LogP contribution in [0.5, 0.6) is 5.75 Å². The first-order chi connectivity index (χ1) is 8.19. The molecule has 0 aliphatic rings. The van der Waals surface area contributed by atoms with Crippen molar-refractivity contribution >= 4 is 5.82 Å². The number of hydrogen-bond acceptors (Lipinski definition) is 4. The van der Waals surface area contributed by atoms with Crippen molar-refractivity contribution in [3.8, 4) is 17.0 Å². The molecule has 0 unspecified atom stereocenters. The van der Waals surface area contributed by atoms with Gasteiger partial charge >= 0.3 is 0 Å². The lowest BCUT2D eigenvalue weighted by molar-refractivity contribution is 0.340. The predicted molar refractivity (Wildman–Crippen MR) is 67.8 cm³/mol. The van der Waals surface area contributed by atoms with E-state index < -0.39 is 0 Å². The zero-order valence-corrected chi connectivity index (χ0v) is 9.97. The van der Waals surface area contributed by atoms with E-state index >= 15 is 0 Å². The van der Waals surface area contributed by atoms with E-state index in [1.165, 1.54) is 0 Å². The van der Waals surface area contributed by atoms with E-state index in [4.69, 9.17) is 10.5 Å². The summed E-state index contributed by atoms with van der Waals surface area (Å²) in [5, 5.41) is 0. The summed E-state index contributed by atoms with van der Waals surface area (Å²) in [6.45, 7) is 4.45. The molecule has 1 aromatic carbocycles. The Morgan fingerprint density at radius 1 is 1.18 bits per heavy atom. The van der Waals surface area contributed by atoms with Gasteiger partial charge in [-0.2, -0.15) is 0 Å². The maximum Gasteiger partial charge on any atom is 0.128 e. The minimum absolute atomic E-state index is 0.487. The average molecular weight is 229 g/mol. The molecule has 2 N–H and O–H groups in total. The number of hydrogen-bond donors (Lipinski definition) is 1. The number of aromatic nitrogens is 2. The first-order valence-electron chi connectivity index (χ1n) is 5.53. The third-order valence-corrected chi connectivity index (χ3v) is 2.32. The van der Waals surface area contributed by atoms with Crippen molar-refractivity contribution in [1.29, 1.82) is 0 Å². The number of nitrogen functional groups attached to an aromatic ring is 1. The molecule has 0 amide bonds. The van der Waals surface area contributed by atoms with Crippen molar-refractivity contribution in [3.05, 3.63) is 36.2 Å². The lowest BCUT2D eigenvalue weighted by Gasteiger charge is -2.05. The van der Waals surface area contributed by atoms with Crippen LogP contribution in [0.15, 0.2) is 30.3 Å². The highest BCUT2D eigenvalue weighted by Crippen LogP contribution is 2.21. The Balaban J connectivity index is 2.32. The second kappa shape index (κ2) is 4.82. The van der Waals surface area contributed by atoms with Gasteiger partial charge in [0, 0.05) is 11.6 Å². The summed E-state index contributed by atoms with van der Waals surface area (Å²) in [4.78, 5) is 8.40. The standard InChI is InChI=1S/C13H15N3O/c1-3-17-11-6-4-10(5-7-11)12-8-13(14)16-9(2)15-12/h4-8H,3H2,1-2H3,(H2,14,15,16). The minimum Gasteiger partial charge on any atom is -0.494 e. The zero-order chi connectivity index (χ0) is 12.3. The van der Waals surface area contributed by atoms with E-state index in [0.29, 0.717) is 18.2 Å². The fourth-order valence-corrected chi connectivity index (χ4v) is 1.63. The molecule has 0 atom stereocenters. The van der Waals surface area contributed by atoms with Crippen LogP contribution in [0, 0.1) is 6.92 Å². The Bertz CT molecular complexity index is 488. The van der Waals surface area contributed by atoms with Gasteiger partial charge in [-0.25, -0.2) is 9.97 Å². The fourth-order valence-electron chi connectivity index (χ4n) is 1.63. The van der Waals surface area contributed by atoms with Gasteiger partial charge in [0.1, 0.15) is 17.4 Å². The molecule has 0 fully saturated rings. The average Bonchev–Trinajstić information content (AvgIpc) is 2.29. The van der Waals surface area contributed by atoms with Crippen LogP contribution in [0.3, 0.4) is 0 Å². The molecular formula is C13H15N3O. The van der Waals surface area contributed by atoms with E-state index in [2.05, 4.69) is 9.97 Å². The van der Waals surface area contributed by atoms with Crippen molar-refractivity contribution in [3.63, 3.8) is 0 Å². The van der Waals surface area contributed by atoms with E-state index in [1.807, 2.05) is 38.1 Å². The van der Waals surface area contributed by atoms with Crippen molar-refractivity contribution in [1.82, 2.24) is 9.97 Å². The molecule has 2 rings (SSSR count). The molecule has 0 saturated carbocycles. The van der Waals surface area contributed by atoms with Crippen LogP contribution in [0.2, 0.25) is 0 Å². The molecular weight excluding hydrogens is 214 g/mol. The summed E-state index contributed by atoms with van der Waals surface area (Å²) in [5.74, 6) is 2.02. The number of aryl methyl sites for hydroxylation is 1. The van der Waals surface area contributed by atoms with Crippen LogP contribution < -0.4 is 10.5 Å². The quantitative estimate of drug-likeness (QED) is 0.878. The van der Waals surface area contributed by atoms with Crippen molar-refractivity contribution in [2.24, 2.45) is 0 Å². The van der Waals surface area contributed by atoms with E-state index in [0.717, 1.165) is 17.0 Å². The topological polar surface area (TPSA) is 61.0 Å². The Kier molecular flexibility index (Phi) is 3.23. The molecule has 0 bridgehead atoms. The van der Waals surface area contributed by atoms with Gasteiger partial charge in [0.25, 0.3) is 0 Å². The van der Waals surface area contributed by atoms with E-state index in [9.17, 15) is 0 Å². The van der Waals surface area contributed by atoms with Crippen LogP contribution in [-0.2, 0) is 0 Å². The fraction of sp³-hybridized carbons (Fsp3) is 0.231. The summed E-state index contributed by atoms with van der Waals surface area (Å²) in [7, 11) is 0. The second-order valence-electron chi connectivity index (χ2n) is 3.68. The molecule has 4 heteroatoms. The van der Waals surface area contributed by atoms with Crippen LogP contribution in [-0.4, -0.2) is 16.6 Å². The van der Waals surface area contributed by atoms with Gasteiger partial charge in [-0.05, 0) is 38.1 Å². The molecule has 0 saturated heterocycles. The highest BCUT2D eigenvalue weighted by molar-refractivity contribution is 5.62. The summed E-state index contributed by atoms with van der Waals surface area (Å²) < 4.78 is 5.39.